The van der Waals surface area contributed by atoms with Crippen LogP contribution in [0.4, 0.5) is 11.4 Å². The molecular formula is C19H22N4O4S. The third-order valence-electron chi connectivity index (χ3n) is 3.94. The van der Waals surface area contributed by atoms with Crippen molar-refractivity contribution in [3.8, 4) is 0 Å². The van der Waals surface area contributed by atoms with Gasteiger partial charge in [0.05, 0.1) is 9.82 Å². The van der Waals surface area contributed by atoms with Crippen molar-refractivity contribution in [2.24, 2.45) is 5.10 Å². The standard InChI is InChI=1S/C19H22N4O4S/c1-3-22(4-2)28(26,27)17-12-13-18(19(15-17)23(24)25)21-20-14-8-11-16-9-6-5-7-10-16/h5-15,21H,3-4H2,1-2H3/b11-8+,20-14-. The number of nitro benzene ring substituents is 1. The lowest BCUT2D eigenvalue weighted by Gasteiger charge is -2.18. The molecule has 0 aliphatic carbocycles. The van der Waals surface area contributed by atoms with E-state index in [1.54, 1.807) is 19.9 Å². The van der Waals surface area contributed by atoms with Gasteiger partial charge in [-0.2, -0.15) is 9.41 Å². The number of nitrogens with one attached hydrogen (secondary N) is 1. The third-order valence-corrected chi connectivity index (χ3v) is 5.99. The fraction of sp³-hybridized carbons (Fsp3) is 0.211. The second kappa shape index (κ2) is 9.77. The average Bonchev–Trinajstić information content (AvgIpc) is 2.69. The van der Waals surface area contributed by atoms with Crippen LogP contribution in [0, 0.1) is 10.1 Å². The van der Waals surface area contributed by atoms with Crippen LogP contribution in [0.3, 0.4) is 0 Å². The van der Waals surface area contributed by atoms with E-state index in [1.165, 1.54) is 22.7 Å². The Morgan fingerprint density at radius 2 is 1.82 bits per heavy atom. The van der Waals surface area contributed by atoms with Crippen molar-refractivity contribution in [2.75, 3.05) is 18.5 Å². The number of nitro groups is 1. The van der Waals surface area contributed by atoms with Gasteiger partial charge in [-0.25, -0.2) is 8.42 Å². The van der Waals surface area contributed by atoms with Crippen molar-refractivity contribution in [2.45, 2.75) is 18.7 Å². The highest BCUT2D eigenvalue weighted by Gasteiger charge is 2.25. The predicted octanol–water partition coefficient (Wildman–Crippen LogP) is 3.74. The molecule has 0 amide bonds. The summed E-state index contributed by atoms with van der Waals surface area (Å²) in [5.41, 5.74) is 3.32. The molecule has 9 heteroatoms. The Bertz CT molecular complexity index is 969. The van der Waals surface area contributed by atoms with Gasteiger partial charge in [-0.1, -0.05) is 50.3 Å². The summed E-state index contributed by atoms with van der Waals surface area (Å²) in [5.74, 6) is 0. The maximum Gasteiger partial charge on any atom is 0.295 e. The first-order chi connectivity index (χ1) is 13.4. The molecule has 0 saturated heterocycles. The lowest BCUT2D eigenvalue weighted by Crippen LogP contribution is -2.30. The summed E-state index contributed by atoms with van der Waals surface area (Å²) in [6.45, 7) is 3.99. The molecule has 0 bridgehead atoms. The number of sulfonamides is 1. The molecule has 1 N–H and O–H groups in total. The first-order valence-electron chi connectivity index (χ1n) is 8.69. The lowest BCUT2D eigenvalue weighted by atomic mass is 10.2. The summed E-state index contributed by atoms with van der Waals surface area (Å²) >= 11 is 0. The first kappa shape index (κ1) is 21.3. The highest BCUT2D eigenvalue weighted by atomic mass is 32.2. The van der Waals surface area contributed by atoms with Gasteiger partial charge in [-0.05, 0) is 23.8 Å². The van der Waals surface area contributed by atoms with Crippen LogP contribution >= 0.6 is 0 Å². The van der Waals surface area contributed by atoms with Crippen LogP contribution in [0.5, 0.6) is 0 Å². The van der Waals surface area contributed by atoms with Crippen molar-refractivity contribution in [3.63, 3.8) is 0 Å². The van der Waals surface area contributed by atoms with E-state index in [1.807, 2.05) is 36.4 Å². The molecule has 0 fully saturated rings. The summed E-state index contributed by atoms with van der Waals surface area (Å²) < 4.78 is 26.4. The molecule has 2 aromatic carbocycles. The monoisotopic (exact) mass is 402 g/mol. The maximum absolute atomic E-state index is 12.6. The normalized spacial score (nSPS) is 12.1. The Kier molecular flexibility index (Phi) is 7.42. The molecule has 0 saturated carbocycles. The highest BCUT2D eigenvalue weighted by molar-refractivity contribution is 7.89. The van der Waals surface area contributed by atoms with Crippen LogP contribution in [0.1, 0.15) is 19.4 Å². The molecule has 0 spiro atoms. The number of anilines is 1. The average molecular weight is 402 g/mol. The molecule has 0 aliphatic heterocycles. The number of hydrogen-bond acceptors (Lipinski definition) is 6. The lowest BCUT2D eigenvalue weighted by molar-refractivity contribution is -0.384. The fourth-order valence-electron chi connectivity index (χ4n) is 2.50. The van der Waals surface area contributed by atoms with E-state index >= 15 is 0 Å². The van der Waals surface area contributed by atoms with E-state index in [4.69, 9.17) is 0 Å². The summed E-state index contributed by atoms with van der Waals surface area (Å²) in [7, 11) is -3.78. The zero-order valence-electron chi connectivity index (χ0n) is 15.6. The van der Waals surface area contributed by atoms with E-state index < -0.39 is 14.9 Å². The molecule has 8 nitrogen and oxygen atoms in total. The predicted molar refractivity (Wildman–Crippen MR) is 111 cm³/mol. The molecule has 0 radical (unpaired) electrons. The first-order valence-corrected chi connectivity index (χ1v) is 10.1. The van der Waals surface area contributed by atoms with Gasteiger partial charge in [0.25, 0.3) is 5.69 Å². The van der Waals surface area contributed by atoms with Gasteiger partial charge < -0.3 is 0 Å². The van der Waals surface area contributed by atoms with Crippen molar-refractivity contribution >= 4 is 33.7 Å². The minimum atomic E-state index is -3.78. The van der Waals surface area contributed by atoms with Crippen LogP contribution in [-0.2, 0) is 10.0 Å². The van der Waals surface area contributed by atoms with Crippen molar-refractivity contribution in [1.82, 2.24) is 4.31 Å². The van der Waals surface area contributed by atoms with E-state index in [0.717, 1.165) is 11.6 Å². The Labute approximate surface area is 164 Å². The summed E-state index contributed by atoms with van der Waals surface area (Å²) in [6, 6.07) is 13.3. The van der Waals surface area contributed by atoms with E-state index in [9.17, 15) is 18.5 Å². The SMILES string of the molecule is CCN(CC)S(=O)(=O)c1ccc(N/N=C\C=C\c2ccccc2)c([N+](=O)[O-])c1. The smallest absolute Gasteiger partial charge is 0.272 e. The van der Waals surface area contributed by atoms with Gasteiger partial charge in [-0.15, -0.1) is 0 Å². The minimum Gasteiger partial charge on any atom is -0.272 e. The Balaban J connectivity index is 2.20. The molecule has 2 rings (SSSR count). The van der Waals surface area contributed by atoms with Crippen molar-refractivity contribution in [1.29, 1.82) is 0 Å². The summed E-state index contributed by atoms with van der Waals surface area (Å²) in [4.78, 5) is 10.6. The highest BCUT2D eigenvalue weighted by Crippen LogP contribution is 2.29. The van der Waals surface area contributed by atoms with Crippen molar-refractivity contribution < 1.29 is 13.3 Å². The van der Waals surface area contributed by atoms with Crippen LogP contribution in [-0.4, -0.2) is 37.0 Å². The van der Waals surface area contributed by atoms with Crippen molar-refractivity contribution in [3.05, 3.63) is 70.3 Å². The fourth-order valence-corrected chi connectivity index (χ4v) is 3.98. The van der Waals surface area contributed by atoms with E-state index in [0.29, 0.717) is 0 Å². The molecule has 0 heterocycles. The minimum absolute atomic E-state index is 0.104. The van der Waals surface area contributed by atoms with Gasteiger partial charge in [0, 0.05) is 25.4 Å². The second-order valence-corrected chi connectivity index (χ2v) is 7.62. The molecule has 0 unspecified atom stereocenters. The number of benzene rings is 2. The van der Waals surface area contributed by atoms with Gasteiger partial charge in [0.15, 0.2) is 0 Å². The number of allylic oxidation sites excluding steroid dienone is 1. The number of hydrogen-bond donors (Lipinski definition) is 1. The topological polar surface area (TPSA) is 105 Å². The molecule has 2 aromatic rings. The number of hydrazone groups is 1. The molecule has 28 heavy (non-hydrogen) atoms. The van der Waals surface area contributed by atoms with Crippen LogP contribution in [0.25, 0.3) is 6.08 Å². The Morgan fingerprint density at radius 1 is 1.14 bits per heavy atom. The van der Waals surface area contributed by atoms with Gasteiger partial charge in [-0.3, -0.25) is 15.5 Å². The van der Waals surface area contributed by atoms with Gasteiger partial charge >= 0.3 is 0 Å². The van der Waals surface area contributed by atoms with Crippen LogP contribution < -0.4 is 5.43 Å². The molecule has 0 aromatic heterocycles. The second-order valence-electron chi connectivity index (χ2n) is 5.69. The quantitative estimate of drug-likeness (QED) is 0.391. The summed E-state index contributed by atoms with van der Waals surface area (Å²) in [5, 5.41) is 15.3. The molecular weight excluding hydrogens is 380 g/mol. The summed E-state index contributed by atoms with van der Waals surface area (Å²) in [6.07, 6.45) is 4.98. The molecule has 0 atom stereocenters. The van der Waals surface area contributed by atoms with Gasteiger partial charge in [0.2, 0.25) is 10.0 Å². The zero-order chi connectivity index (χ0) is 20.6. The largest absolute Gasteiger partial charge is 0.295 e. The molecule has 0 aliphatic rings. The van der Waals surface area contributed by atoms with Crippen LogP contribution in [0.15, 0.2) is 64.6 Å². The number of rotatable bonds is 9. The Morgan fingerprint density at radius 3 is 2.43 bits per heavy atom. The third kappa shape index (κ3) is 5.24. The molecule has 148 valence electrons. The van der Waals surface area contributed by atoms with E-state index in [-0.39, 0.29) is 29.4 Å². The van der Waals surface area contributed by atoms with Crippen LogP contribution in [0.2, 0.25) is 0 Å². The number of nitrogens with zero attached hydrogens (tertiary/aromatic N) is 3. The maximum atomic E-state index is 12.6. The van der Waals surface area contributed by atoms with Gasteiger partial charge in [0.1, 0.15) is 5.69 Å². The zero-order valence-corrected chi connectivity index (χ0v) is 16.5. The Hall–Kier alpha value is -3.04. The van der Waals surface area contributed by atoms with E-state index in [2.05, 4.69) is 10.5 Å².